The highest BCUT2D eigenvalue weighted by Crippen LogP contribution is 2.33. The fourth-order valence-electron chi connectivity index (χ4n) is 3.28. The second kappa shape index (κ2) is 6.87. The summed E-state index contributed by atoms with van der Waals surface area (Å²) in [6.45, 7) is 0.254. The molecule has 0 unspecified atom stereocenters. The summed E-state index contributed by atoms with van der Waals surface area (Å²) in [7, 11) is 1.47. The SMILES string of the molecule is CNC(=O)c1cc(C(=O)CC2CC2)cn(Cc2cccc3occc23)c1=O. The number of aromatic nitrogens is 1. The molecule has 4 rings (SSSR count). The van der Waals surface area contributed by atoms with E-state index >= 15 is 0 Å². The Kier molecular flexibility index (Phi) is 4.39. The first-order chi connectivity index (χ1) is 13.1. The van der Waals surface area contributed by atoms with Gasteiger partial charge in [0.15, 0.2) is 5.78 Å². The monoisotopic (exact) mass is 364 g/mol. The van der Waals surface area contributed by atoms with E-state index in [-0.39, 0.29) is 17.9 Å². The smallest absolute Gasteiger partial charge is 0.263 e. The Bertz CT molecular complexity index is 1090. The molecule has 1 aliphatic carbocycles. The lowest BCUT2D eigenvalue weighted by Crippen LogP contribution is -2.32. The summed E-state index contributed by atoms with van der Waals surface area (Å²) in [5, 5.41) is 3.38. The lowest BCUT2D eigenvalue weighted by Gasteiger charge is -2.12. The third-order valence-corrected chi connectivity index (χ3v) is 4.98. The maximum atomic E-state index is 12.8. The number of hydrogen-bond acceptors (Lipinski definition) is 4. The Morgan fingerprint density at radius 3 is 2.81 bits per heavy atom. The number of nitrogens with one attached hydrogen (secondary N) is 1. The molecule has 2 aromatic heterocycles. The summed E-state index contributed by atoms with van der Waals surface area (Å²) in [6, 6.07) is 8.88. The Hall–Kier alpha value is -3.15. The van der Waals surface area contributed by atoms with Crippen LogP contribution in [-0.2, 0) is 6.54 Å². The standard InChI is InChI=1S/C21H20N2O4/c1-22-20(25)17-10-15(18(24)9-13-5-6-13)12-23(21(17)26)11-14-3-2-4-19-16(14)7-8-27-19/h2-4,7-8,10,12-13H,5-6,9,11H2,1H3,(H,22,25). The van der Waals surface area contributed by atoms with Crippen molar-refractivity contribution in [3.63, 3.8) is 0 Å². The zero-order valence-electron chi connectivity index (χ0n) is 15.0. The molecule has 0 bridgehead atoms. The molecule has 0 radical (unpaired) electrons. The first-order valence-corrected chi connectivity index (χ1v) is 9.01. The van der Waals surface area contributed by atoms with E-state index in [9.17, 15) is 14.4 Å². The van der Waals surface area contributed by atoms with Crippen molar-refractivity contribution in [1.29, 1.82) is 0 Å². The molecule has 1 amide bonds. The summed E-state index contributed by atoms with van der Waals surface area (Å²) < 4.78 is 6.85. The van der Waals surface area contributed by atoms with Gasteiger partial charge in [0.25, 0.3) is 11.5 Å². The predicted octanol–water partition coefficient (Wildman–Crippen LogP) is 2.99. The third-order valence-electron chi connectivity index (χ3n) is 4.98. The predicted molar refractivity (Wildman–Crippen MR) is 101 cm³/mol. The van der Waals surface area contributed by atoms with Crippen LogP contribution in [0.15, 0.2) is 52.0 Å². The quantitative estimate of drug-likeness (QED) is 0.682. The van der Waals surface area contributed by atoms with Crippen LogP contribution < -0.4 is 10.9 Å². The van der Waals surface area contributed by atoms with Crippen molar-refractivity contribution >= 4 is 22.7 Å². The number of rotatable bonds is 6. The van der Waals surface area contributed by atoms with Crippen LogP contribution in [0.1, 0.15) is 45.5 Å². The molecule has 0 aliphatic heterocycles. The topological polar surface area (TPSA) is 81.3 Å². The van der Waals surface area contributed by atoms with Crippen molar-refractivity contribution in [3.05, 3.63) is 69.8 Å². The summed E-state index contributed by atoms with van der Waals surface area (Å²) in [6.07, 6.45) is 5.76. The van der Waals surface area contributed by atoms with Crippen LogP contribution in [0.5, 0.6) is 0 Å². The number of ketones is 1. The highest BCUT2D eigenvalue weighted by atomic mass is 16.3. The van der Waals surface area contributed by atoms with Gasteiger partial charge >= 0.3 is 0 Å². The van der Waals surface area contributed by atoms with E-state index < -0.39 is 11.5 Å². The number of nitrogens with zero attached hydrogens (tertiary/aromatic N) is 1. The van der Waals surface area contributed by atoms with E-state index in [1.165, 1.54) is 17.7 Å². The summed E-state index contributed by atoms with van der Waals surface area (Å²) in [5.74, 6) is -0.0877. The summed E-state index contributed by atoms with van der Waals surface area (Å²) in [5.41, 5.74) is 1.59. The van der Waals surface area contributed by atoms with Gasteiger partial charge in [-0.15, -0.1) is 0 Å². The van der Waals surface area contributed by atoms with E-state index in [1.807, 2.05) is 24.3 Å². The second-order valence-electron chi connectivity index (χ2n) is 6.97. The molecule has 6 heteroatoms. The number of carbonyl (C=O) groups excluding carboxylic acids is 2. The molecule has 0 spiro atoms. The van der Waals surface area contributed by atoms with Crippen LogP contribution in [0.3, 0.4) is 0 Å². The first-order valence-electron chi connectivity index (χ1n) is 9.01. The van der Waals surface area contributed by atoms with Crippen molar-refractivity contribution in [1.82, 2.24) is 9.88 Å². The molecule has 1 N–H and O–H groups in total. The van der Waals surface area contributed by atoms with E-state index in [1.54, 1.807) is 12.5 Å². The largest absolute Gasteiger partial charge is 0.464 e. The van der Waals surface area contributed by atoms with Gasteiger partial charge in [-0.3, -0.25) is 14.4 Å². The van der Waals surface area contributed by atoms with E-state index in [0.29, 0.717) is 17.9 Å². The normalized spacial score (nSPS) is 13.7. The molecule has 1 aliphatic rings. The molecule has 138 valence electrons. The molecule has 6 nitrogen and oxygen atoms in total. The lowest BCUT2D eigenvalue weighted by atomic mass is 10.0. The number of amides is 1. The van der Waals surface area contributed by atoms with Crippen LogP contribution in [0.25, 0.3) is 11.0 Å². The average molecular weight is 364 g/mol. The number of benzene rings is 1. The van der Waals surface area contributed by atoms with Gasteiger partial charge in [0.1, 0.15) is 11.1 Å². The Labute approximate surface area is 155 Å². The van der Waals surface area contributed by atoms with Gasteiger partial charge < -0.3 is 14.3 Å². The van der Waals surface area contributed by atoms with E-state index in [0.717, 1.165) is 29.4 Å². The summed E-state index contributed by atoms with van der Waals surface area (Å²) >= 11 is 0. The van der Waals surface area contributed by atoms with Crippen LogP contribution in [0.4, 0.5) is 0 Å². The van der Waals surface area contributed by atoms with Crippen LogP contribution >= 0.6 is 0 Å². The minimum absolute atomic E-state index is 0.0153. The average Bonchev–Trinajstić information content (AvgIpc) is 3.35. The number of pyridine rings is 1. The van der Waals surface area contributed by atoms with Crippen molar-refractivity contribution in [2.75, 3.05) is 7.05 Å². The number of Topliss-reactive ketones (excluding diaryl/α,β-unsaturated/α-hetero) is 1. The first kappa shape index (κ1) is 17.3. The van der Waals surface area contributed by atoms with Crippen molar-refractivity contribution in [3.8, 4) is 0 Å². The van der Waals surface area contributed by atoms with Gasteiger partial charge in [0.2, 0.25) is 0 Å². The van der Waals surface area contributed by atoms with E-state index in [2.05, 4.69) is 5.32 Å². The van der Waals surface area contributed by atoms with Crippen molar-refractivity contribution in [2.24, 2.45) is 5.92 Å². The molecule has 1 saturated carbocycles. The number of fused-ring (bicyclic) bond motifs is 1. The molecule has 0 saturated heterocycles. The van der Waals surface area contributed by atoms with Gasteiger partial charge in [-0.05, 0) is 42.5 Å². The highest BCUT2D eigenvalue weighted by Gasteiger charge is 2.26. The Morgan fingerprint density at radius 2 is 2.07 bits per heavy atom. The zero-order valence-corrected chi connectivity index (χ0v) is 15.0. The molecule has 2 heterocycles. The summed E-state index contributed by atoms with van der Waals surface area (Å²) in [4.78, 5) is 37.6. The van der Waals surface area contributed by atoms with Crippen LogP contribution in [-0.4, -0.2) is 23.3 Å². The van der Waals surface area contributed by atoms with Gasteiger partial charge in [0.05, 0.1) is 12.8 Å². The Morgan fingerprint density at radius 1 is 1.26 bits per heavy atom. The van der Waals surface area contributed by atoms with Gasteiger partial charge in [0, 0.05) is 30.6 Å². The van der Waals surface area contributed by atoms with Gasteiger partial charge in [-0.1, -0.05) is 12.1 Å². The zero-order chi connectivity index (χ0) is 19.0. The number of hydrogen-bond donors (Lipinski definition) is 1. The van der Waals surface area contributed by atoms with Crippen LogP contribution in [0, 0.1) is 5.92 Å². The molecular weight excluding hydrogens is 344 g/mol. The fourth-order valence-corrected chi connectivity index (χ4v) is 3.28. The highest BCUT2D eigenvalue weighted by molar-refractivity contribution is 6.00. The van der Waals surface area contributed by atoms with Crippen molar-refractivity contribution in [2.45, 2.75) is 25.8 Å². The molecule has 0 atom stereocenters. The molecular formula is C21H20N2O4. The third kappa shape index (κ3) is 3.43. The van der Waals surface area contributed by atoms with E-state index in [4.69, 9.17) is 4.42 Å². The molecule has 3 aromatic rings. The minimum Gasteiger partial charge on any atom is -0.464 e. The molecule has 1 fully saturated rings. The fraction of sp³-hybridized carbons (Fsp3) is 0.286. The maximum Gasteiger partial charge on any atom is 0.263 e. The number of carbonyl (C=O) groups is 2. The lowest BCUT2D eigenvalue weighted by molar-refractivity contribution is 0.0961. The molecule has 27 heavy (non-hydrogen) atoms. The number of furan rings is 1. The Balaban J connectivity index is 1.78. The second-order valence-corrected chi connectivity index (χ2v) is 6.97. The maximum absolute atomic E-state index is 12.8. The van der Waals surface area contributed by atoms with Gasteiger partial charge in [-0.25, -0.2) is 0 Å². The molecule has 1 aromatic carbocycles. The van der Waals surface area contributed by atoms with Crippen molar-refractivity contribution < 1.29 is 14.0 Å². The van der Waals surface area contributed by atoms with Gasteiger partial charge in [-0.2, -0.15) is 0 Å². The minimum atomic E-state index is -0.489. The van der Waals surface area contributed by atoms with Crippen LogP contribution in [0.2, 0.25) is 0 Å².